The largest absolute Gasteiger partial charge is 0.454 e. The SMILES string of the molecule is CC[C@H](C)NCC(=O)N(Cc1ccc2c(c1)OCO2)Cc1sccc1C. The van der Waals surface area contributed by atoms with Gasteiger partial charge in [0, 0.05) is 17.5 Å². The molecule has 3 rings (SSSR count). The molecule has 1 aromatic carbocycles. The van der Waals surface area contributed by atoms with Crippen molar-refractivity contribution in [1.29, 1.82) is 0 Å². The molecule has 0 radical (unpaired) electrons. The van der Waals surface area contributed by atoms with Crippen molar-refractivity contribution in [2.24, 2.45) is 0 Å². The third-order valence-corrected chi connectivity index (χ3v) is 5.69. The van der Waals surface area contributed by atoms with Crippen molar-refractivity contribution in [3.8, 4) is 11.5 Å². The number of thiophene rings is 1. The third kappa shape index (κ3) is 4.56. The molecular formula is C20H26N2O3S. The summed E-state index contributed by atoms with van der Waals surface area (Å²) in [5, 5.41) is 5.38. The summed E-state index contributed by atoms with van der Waals surface area (Å²) >= 11 is 1.70. The van der Waals surface area contributed by atoms with Crippen LogP contribution in [0.3, 0.4) is 0 Å². The molecule has 0 bridgehead atoms. The van der Waals surface area contributed by atoms with Gasteiger partial charge in [0.15, 0.2) is 11.5 Å². The molecule has 140 valence electrons. The van der Waals surface area contributed by atoms with Gasteiger partial charge < -0.3 is 19.7 Å². The van der Waals surface area contributed by atoms with Crippen LogP contribution in [0, 0.1) is 6.92 Å². The fourth-order valence-electron chi connectivity index (χ4n) is 2.75. The van der Waals surface area contributed by atoms with Crippen LogP contribution in [0.2, 0.25) is 0 Å². The first kappa shape index (κ1) is 18.7. The van der Waals surface area contributed by atoms with Crippen LogP contribution in [0.15, 0.2) is 29.6 Å². The van der Waals surface area contributed by atoms with Crippen LogP contribution in [0.1, 0.15) is 36.3 Å². The van der Waals surface area contributed by atoms with Crippen LogP contribution in [0.4, 0.5) is 0 Å². The average molecular weight is 375 g/mol. The maximum atomic E-state index is 12.9. The molecule has 0 spiro atoms. The predicted octanol–water partition coefficient (Wildman–Crippen LogP) is 3.70. The van der Waals surface area contributed by atoms with Crippen molar-refractivity contribution < 1.29 is 14.3 Å². The Balaban J connectivity index is 1.73. The lowest BCUT2D eigenvalue weighted by Gasteiger charge is -2.24. The molecule has 1 aliphatic heterocycles. The zero-order valence-electron chi connectivity index (χ0n) is 15.6. The van der Waals surface area contributed by atoms with Gasteiger partial charge in [-0.3, -0.25) is 4.79 Å². The number of nitrogens with one attached hydrogen (secondary N) is 1. The number of ether oxygens (including phenoxy) is 2. The second-order valence-corrected chi connectivity index (χ2v) is 7.66. The number of carbonyl (C=O) groups excluding carboxylic acids is 1. The lowest BCUT2D eigenvalue weighted by atomic mass is 10.1. The number of rotatable bonds is 8. The Morgan fingerprint density at radius 1 is 1.27 bits per heavy atom. The second-order valence-electron chi connectivity index (χ2n) is 6.65. The van der Waals surface area contributed by atoms with Gasteiger partial charge in [-0.1, -0.05) is 13.0 Å². The number of amides is 1. The van der Waals surface area contributed by atoms with Crippen LogP contribution >= 0.6 is 11.3 Å². The molecule has 0 unspecified atom stereocenters. The zero-order chi connectivity index (χ0) is 18.5. The minimum Gasteiger partial charge on any atom is -0.454 e. The van der Waals surface area contributed by atoms with Gasteiger partial charge in [-0.2, -0.15) is 0 Å². The van der Waals surface area contributed by atoms with E-state index in [4.69, 9.17) is 9.47 Å². The van der Waals surface area contributed by atoms with Crippen LogP contribution < -0.4 is 14.8 Å². The van der Waals surface area contributed by atoms with E-state index >= 15 is 0 Å². The molecule has 1 atom stereocenters. The fourth-order valence-corrected chi connectivity index (χ4v) is 3.67. The van der Waals surface area contributed by atoms with Gasteiger partial charge in [-0.25, -0.2) is 0 Å². The molecule has 1 aliphatic rings. The summed E-state index contributed by atoms with van der Waals surface area (Å²) in [5.74, 6) is 1.62. The molecule has 1 amide bonds. The summed E-state index contributed by atoms with van der Waals surface area (Å²) in [6.07, 6.45) is 0.999. The number of nitrogens with zero attached hydrogens (tertiary/aromatic N) is 1. The number of benzene rings is 1. The van der Waals surface area contributed by atoms with Crippen LogP contribution in [-0.2, 0) is 17.9 Å². The van der Waals surface area contributed by atoms with Gasteiger partial charge in [0.05, 0.1) is 13.1 Å². The minimum atomic E-state index is 0.107. The van der Waals surface area contributed by atoms with E-state index in [1.807, 2.05) is 23.1 Å². The molecule has 1 N–H and O–H groups in total. The fraction of sp³-hybridized carbons (Fsp3) is 0.450. The number of hydrogen-bond acceptors (Lipinski definition) is 5. The number of hydrogen-bond donors (Lipinski definition) is 1. The lowest BCUT2D eigenvalue weighted by Crippen LogP contribution is -2.40. The molecule has 2 aromatic rings. The van der Waals surface area contributed by atoms with Crippen LogP contribution in [0.5, 0.6) is 11.5 Å². The van der Waals surface area contributed by atoms with Gasteiger partial charge in [0.2, 0.25) is 12.7 Å². The van der Waals surface area contributed by atoms with Crippen molar-refractivity contribution in [2.45, 2.75) is 46.3 Å². The van der Waals surface area contributed by atoms with Gasteiger partial charge in [-0.15, -0.1) is 11.3 Å². The smallest absolute Gasteiger partial charge is 0.237 e. The van der Waals surface area contributed by atoms with Crippen molar-refractivity contribution in [3.63, 3.8) is 0 Å². The summed E-state index contributed by atoms with van der Waals surface area (Å²) in [6, 6.07) is 8.30. The first-order chi connectivity index (χ1) is 12.6. The van der Waals surface area contributed by atoms with Crippen molar-refractivity contribution in [2.75, 3.05) is 13.3 Å². The minimum absolute atomic E-state index is 0.107. The Morgan fingerprint density at radius 2 is 2.08 bits per heavy atom. The number of carbonyl (C=O) groups is 1. The molecule has 0 aliphatic carbocycles. The van der Waals surface area contributed by atoms with E-state index in [2.05, 4.69) is 37.5 Å². The number of aryl methyl sites for hydroxylation is 1. The quantitative estimate of drug-likeness (QED) is 0.765. The van der Waals surface area contributed by atoms with E-state index in [9.17, 15) is 4.79 Å². The summed E-state index contributed by atoms with van der Waals surface area (Å²) in [7, 11) is 0. The molecule has 26 heavy (non-hydrogen) atoms. The molecule has 0 saturated heterocycles. The second kappa shape index (κ2) is 8.56. The van der Waals surface area contributed by atoms with Crippen molar-refractivity contribution in [1.82, 2.24) is 10.2 Å². The topological polar surface area (TPSA) is 50.8 Å². The highest BCUT2D eigenvalue weighted by atomic mass is 32.1. The third-order valence-electron chi connectivity index (χ3n) is 4.68. The summed E-state index contributed by atoms with van der Waals surface area (Å²) in [5.41, 5.74) is 2.27. The lowest BCUT2D eigenvalue weighted by molar-refractivity contribution is -0.131. The molecule has 2 heterocycles. The van der Waals surface area contributed by atoms with Gasteiger partial charge in [0.25, 0.3) is 0 Å². The Hall–Kier alpha value is -2.05. The van der Waals surface area contributed by atoms with Crippen molar-refractivity contribution >= 4 is 17.2 Å². The molecule has 0 fully saturated rings. The molecule has 6 heteroatoms. The first-order valence-electron chi connectivity index (χ1n) is 8.99. The standard InChI is InChI=1S/C20H26N2O3S/c1-4-15(3)21-10-20(23)22(12-19-14(2)7-8-26-19)11-16-5-6-17-18(9-16)25-13-24-17/h5-9,15,21H,4,10-13H2,1-3H3/t15-/m0/s1. The molecular weight excluding hydrogens is 348 g/mol. The average Bonchev–Trinajstić information content (AvgIpc) is 3.27. The summed E-state index contributed by atoms with van der Waals surface area (Å²) in [6.45, 7) is 8.08. The van der Waals surface area contributed by atoms with Crippen molar-refractivity contribution in [3.05, 3.63) is 45.6 Å². The van der Waals surface area contributed by atoms with E-state index in [-0.39, 0.29) is 12.7 Å². The predicted molar refractivity (Wildman–Crippen MR) is 104 cm³/mol. The highest BCUT2D eigenvalue weighted by molar-refractivity contribution is 7.10. The van der Waals surface area contributed by atoms with E-state index in [1.54, 1.807) is 11.3 Å². The normalized spacial score (nSPS) is 13.7. The molecule has 1 aromatic heterocycles. The van der Waals surface area contributed by atoms with Crippen LogP contribution in [0.25, 0.3) is 0 Å². The van der Waals surface area contributed by atoms with Gasteiger partial charge in [-0.05, 0) is 55.0 Å². The Bertz CT molecular complexity index is 759. The number of fused-ring (bicyclic) bond motifs is 1. The highest BCUT2D eigenvalue weighted by Crippen LogP contribution is 2.33. The maximum absolute atomic E-state index is 12.9. The first-order valence-corrected chi connectivity index (χ1v) is 9.87. The summed E-state index contributed by atoms with van der Waals surface area (Å²) < 4.78 is 10.8. The monoisotopic (exact) mass is 374 g/mol. The highest BCUT2D eigenvalue weighted by Gasteiger charge is 2.19. The molecule has 5 nitrogen and oxygen atoms in total. The molecule has 0 saturated carbocycles. The van der Waals surface area contributed by atoms with Crippen LogP contribution in [-0.4, -0.2) is 30.2 Å². The Kier molecular flexibility index (Phi) is 6.16. The van der Waals surface area contributed by atoms with E-state index < -0.39 is 0 Å². The van der Waals surface area contributed by atoms with Gasteiger partial charge >= 0.3 is 0 Å². The zero-order valence-corrected chi connectivity index (χ0v) is 16.4. The summed E-state index contributed by atoms with van der Waals surface area (Å²) in [4.78, 5) is 16.0. The van der Waals surface area contributed by atoms with E-state index in [0.29, 0.717) is 25.7 Å². The van der Waals surface area contributed by atoms with E-state index in [1.165, 1.54) is 10.4 Å². The maximum Gasteiger partial charge on any atom is 0.237 e. The Labute approximate surface area is 158 Å². The Morgan fingerprint density at radius 3 is 2.81 bits per heavy atom. The van der Waals surface area contributed by atoms with Gasteiger partial charge in [0.1, 0.15) is 0 Å². The van der Waals surface area contributed by atoms with E-state index in [0.717, 1.165) is 23.5 Å².